The number of benzene rings is 2. The van der Waals surface area contributed by atoms with E-state index in [0.29, 0.717) is 5.02 Å². The largest absolute Gasteiger partial charge is 0.272 e. The summed E-state index contributed by atoms with van der Waals surface area (Å²) in [5, 5.41) is 4.36. The van der Waals surface area contributed by atoms with Gasteiger partial charge in [0.1, 0.15) is 0 Å². The maximum atomic E-state index is 12.1. The topological polar surface area (TPSA) is 54.4 Å². The van der Waals surface area contributed by atoms with Gasteiger partial charge in [0.15, 0.2) is 4.34 Å². The van der Waals surface area contributed by atoms with Gasteiger partial charge in [-0.05, 0) is 36.8 Å². The van der Waals surface area contributed by atoms with Gasteiger partial charge in [-0.15, -0.1) is 11.3 Å². The monoisotopic (exact) mass is 375 g/mol. The van der Waals surface area contributed by atoms with E-state index in [-0.39, 0.29) is 11.2 Å². The van der Waals surface area contributed by atoms with Crippen molar-refractivity contribution in [1.82, 2.24) is 10.4 Å². The van der Waals surface area contributed by atoms with Gasteiger partial charge in [-0.3, -0.25) is 4.79 Å². The third-order valence-electron chi connectivity index (χ3n) is 3.18. The predicted molar refractivity (Wildman–Crippen MR) is 102 cm³/mol. The van der Waals surface area contributed by atoms with Gasteiger partial charge in [0, 0.05) is 5.02 Å². The quantitative estimate of drug-likeness (QED) is 0.403. The first-order valence-corrected chi connectivity index (χ1v) is 9.30. The Bertz CT molecular complexity index is 844. The Labute approximate surface area is 152 Å². The molecule has 0 fully saturated rings. The summed E-state index contributed by atoms with van der Waals surface area (Å²) in [5.41, 5.74) is 4.38. The SMILES string of the molecule is CC(Sc1nc2ccccc2s1)C(=O)N/N=C\c1ccc(Cl)cc1. The Hall–Kier alpha value is -1.89. The molecule has 0 saturated carbocycles. The number of carbonyl (C=O) groups is 1. The fourth-order valence-corrected chi connectivity index (χ4v) is 4.25. The van der Waals surface area contributed by atoms with Gasteiger partial charge in [-0.2, -0.15) is 5.10 Å². The number of fused-ring (bicyclic) bond motifs is 1. The first-order valence-electron chi connectivity index (χ1n) is 7.22. The molecule has 0 aliphatic rings. The summed E-state index contributed by atoms with van der Waals surface area (Å²) >= 11 is 8.84. The van der Waals surface area contributed by atoms with E-state index in [0.717, 1.165) is 20.1 Å². The van der Waals surface area contributed by atoms with Crippen LogP contribution in [-0.2, 0) is 4.79 Å². The molecule has 0 aliphatic carbocycles. The van der Waals surface area contributed by atoms with E-state index >= 15 is 0 Å². The molecule has 0 spiro atoms. The number of nitrogens with zero attached hydrogens (tertiary/aromatic N) is 2. The van der Waals surface area contributed by atoms with Gasteiger partial charge in [0.05, 0.1) is 21.7 Å². The number of rotatable bonds is 5. The van der Waals surface area contributed by atoms with Crippen LogP contribution >= 0.6 is 34.7 Å². The number of hydrogen-bond acceptors (Lipinski definition) is 5. The van der Waals surface area contributed by atoms with Crippen molar-refractivity contribution in [2.45, 2.75) is 16.5 Å². The summed E-state index contributed by atoms with van der Waals surface area (Å²) in [5.74, 6) is -0.163. The molecule has 0 saturated heterocycles. The molecular formula is C17H14ClN3OS2. The highest BCUT2D eigenvalue weighted by Gasteiger charge is 2.16. The normalized spacial score (nSPS) is 12.6. The lowest BCUT2D eigenvalue weighted by molar-refractivity contribution is -0.120. The highest BCUT2D eigenvalue weighted by atomic mass is 35.5. The average Bonchev–Trinajstić information content (AvgIpc) is 2.98. The van der Waals surface area contributed by atoms with Gasteiger partial charge in [0.25, 0.3) is 5.91 Å². The highest BCUT2D eigenvalue weighted by Crippen LogP contribution is 2.31. The molecular weight excluding hydrogens is 362 g/mol. The van der Waals surface area contributed by atoms with Crippen LogP contribution in [0.5, 0.6) is 0 Å². The van der Waals surface area contributed by atoms with Crippen molar-refractivity contribution in [2.24, 2.45) is 5.10 Å². The lowest BCUT2D eigenvalue weighted by Crippen LogP contribution is -2.26. The van der Waals surface area contributed by atoms with Crippen LogP contribution in [0, 0.1) is 0 Å². The van der Waals surface area contributed by atoms with E-state index in [1.54, 1.807) is 29.7 Å². The number of thioether (sulfide) groups is 1. The zero-order chi connectivity index (χ0) is 16.9. The molecule has 24 heavy (non-hydrogen) atoms. The maximum Gasteiger partial charge on any atom is 0.253 e. The van der Waals surface area contributed by atoms with E-state index in [1.165, 1.54) is 11.8 Å². The standard InChI is InChI=1S/C17H14ClN3OS2/c1-11(23-17-20-14-4-2-3-5-15(14)24-17)16(22)21-19-10-12-6-8-13(18)9-7-12/h2-11H,1H3,(H,21,22)/b19-10-. The molecule has 1 aromatic heterocycles. The molecule has 0 radical (unpaired) electrons. The van der Waals surface area contributed by atoms with Crippen molar-refractivity contribution in [3.8, 4) is 0 Å². The number of hydrazone groups is 1. The molecule has 1 heterocycles. The first-order chi connectivity index (χ1) is 11.6. The second kappa shape index (κ2) is 7.79. The second-order valence-electron chi connectivity index (χ2n) is 4.99. The Morgan fingerprint density at radius 2 is 2.04 bits per heavy atom. The minimum absolute atomic E-state index is 0.163. The number of para-hydroxylation sites is 1. The summed E-state index contributed by atoms with van der Waals surface area (Å²) in [4.78, 5) is 16.6. The summed E-state index contributed by atoms with van der Waals surface area (Å²) < 4.78 is 1.99. The first kappa shape index (κ1) is 17.0. The van der Waals surface area contributed by atoms with Gasteiger partial charge < -0.3 is 0 Å². The number of nitrogens with one attached hydrogen (secondary N) is 1. The molecule has 1 amide bonds. The number of halogens is 1. The number of hydrogen-bond donors (Lipinski definition) is 1. The van der Waals surface area contributed by atoms with Crippen LogP contribution in [-0.4, -0.2) is 22.4 Å². The van der Waals surface area contributed by atoms with Gasteiger partial charge >= 0.3 is 0 Å². The van der Waals surface area contributed by atoms with E-state index in [1.807, 2.05) is 43.3 Å². The van der Waals surface area contributed by atoms with Crippen LogP contribution in [0.3, 0.4) is 0 Å². The molecule has 4 nitrogen and oxygen atoms in total. The summed E-state index contributed by atoms with van der Waals surface area (Å²) in [6.45, 7) is 1.84. The number of amides is 1. The molecule has 0 aliphatic heterocycles. The van der Waals surface area contributed by atoms with Crippen LogP contribution in [0.1, 0.15) is 12.5 Å². The molecule has 7 heteroatoms. The minimum Gasteiger partial charge on any atom is -0.272 e. The van der Waals surface area contributed by atoms with Crippen molar-refractivity contribution in [1.29, 1.82) is 0 Å². The molecule has 122 valence electrons. The predicted octanol–water partition coefficient (Wildman–Crippen LogP) is 4.58. The Morgan fingerprint density at radius 1 is 1.29 bits per heavy atom. The van der Waals surface area contributed by atoms with Crippen molar-refractivity contribution in [3.05, 3.63) is 59.1 Å². The number of thiazole rings is 1. The van der Waals surface area contributed by atoms with Crippen LogP contribution in [0.25, 0.3) is 10.2 Å². The number of carbonyl (C=O) groups excluding carboxylic acids is 1. The minimum atomic E-state index is -0.284. The smallest absolute Gasteiger partial charge is 0.253 e. The average molecular weight is 376 g/mol. The highest BCUT2D eigenvalue weighted by molar-refractivity contribution is 8.02. The van der Waals surface area contributed by atoms with Gasteiger partial charge in [-0.25, -0.2) is 10.4 Å². The fraction of sp³-hybridized carbons (Fsp3) is 0.118. The Morgan fingerprint density at radius 3 is 2.79 bits per heavy atom. The summed E-state index contributed by atoms with van der Waals surface area (Å²) in [7, 11) is 0. The van der Waals surface area contributed by atoms with Gasteiger partial charge in [0.2, 0.25) is 0 Å². The van der Waals surface area contributed by atoms with Crippen molar-refractivity contribution < 1.29 is 4.79 Å². The fourth-order valence-electron chi connectivity index (χ4n) is 1.92. The lowest BCUT2D eigenvalue weighted by atomic mass is 10.2. The zero-order valence-electron chi connectivity index (χ0n) is 12.8. The van der Waals surface area contributed by atoms with Crippen LogP contribution in [0.4, 0.5) is 0 Å². The zero-order valence-corrected chi connectivity index (χ0v) is 15.2. The van der Waals surface area contributed by atoms with Crippen molar-refractivity contribution >= 4 is 57.0 Å². The maximum absolute atomic E-state index is 12.1. The Kier molecular flexibility index (Phi) is 5.50. The van der Waals surface area contributed by atoms with Crippen LogP contribution in [0.15, 0.2) is 58.0 Å². The number of aromatic nitrogens is 1. The van der Waals surface area contributed by atoms with E-state index in [2.05, 4.69) is 15.5 Å². The van der Waals surface area contributed by atoms with E-state index < -0.39 is 0 Å². The lowest BCUT2D eigenvalue weighted by Gasteiger charge is -2.06. The third-order valence-corrected chi connectivity index (χ3v) is 5.66. The van der Waals surface area contributed by atoms with E-state index in [9.17, 15) is 4.79 Å². The van der Waals surface area contributed by atoms with Crippen LogP contribution in [0.2, 0.25) is 5.02 Å². The summed E-state index contributed by atoms with van der Waals surface area (Å²) in [6.07, 6.45) is 1.59. The summed E-state index contributed by atoms with van der Waals surface area (Å²) in [6, 6.07) is 15.1. The third kappa shape index (κ3) is 4.35. The molecule has 3 rings (SSSR count). The van der Waals surface area contributed by atoms with Crippen molar-refractivity contribution in [3.63, 3.8) is 0 Å². The second-order valence-corrected chi connectivity index (χ2v) is 8.05. The molecule has 1 atom stereocenters. The molecule has 1 unspecified atom stereocenters. The van der Waals surface area contributed by atoms with Gasteiger partial charge in [-0.1, -0.05) is 47.6 Å². The molecule has 2 aromatic carbocycles. The molecule has 3 aromatic rings. The molecule has 0 bridgehead atoms. The van der Waals surface area contributed by atoms with E-state index in [4.69, 9.17) is 11.6 Å². The molecule has 1 N–H and O–H groups in total. The van der Waals surface area contributed by atoms with Crippen molar-refractivity contribution in [2.75, 3.05) is 0 Å². The van der Waals surface area contributed by atoms with Crippen LogP contribution < -0.4 is 5.43 Å². The Balaban J connectivity index is 1.57.